The minimum absolute atomic E-state index is 0.00705. The fraction of sp³-hybridized carbons (Fsp3) is 0.321. The van der Waals surface area contributed by atoms with Crippen LogP contribution in [0.25, 0.3) is 0 Å². The van der Waals surface area contributed by atoms with Crippen LogP contribution in [0.3, 0.4) is 0 Å². The maximum Gasteiger partial charge on any atom is 0.344 e. The Labute approximate surface area is 231 Å². The molecule has 0 aliphatic heterocycles. The fourth-order valence-corrected chi connectivity index (χ4v) is 4.39. The molecule has 38 heavy (non-hydrogen) atoms. The molecule has 0 spiro atoms. The topological polar surface area (TPSA) is 92.4 Å². The summed E-state index contributed by atoms with van der Waals surface area (Å²) in [6.07, 6.45) is -2.94. The number of carbonyl (C=O) groups is 1. The van der Waals surface area contributed by atoms with E-state index in [2.05, 4.69) is 0 Å². The van der Waals surface area contributed by atoms with Crippen LogP contribution >= 0.6 is 23.2 Å². The minimum Gasteiger partial charge on any atom is -0.491 e. The smallest absolute Gasteiger partial charge is 0.344 e. The molecule has 0 fully saturated rings. The van der Waals surface area contributed by atoms with Gasteiger partial charge in [0.15, 0.2) is 17.6 Å². The lowest BCUT2D eigenvalue weighted by atomic mass is 10.0. The molecule has 0 saturated carbocycles. The van der Waals surface area contributed by atoms with Crippen molar-refractivity contribution in [1.29, 1.82) is 0 Å². The second-order valence-electron chi connectivity index (χ2n) is 7.93. The SMILES string of the molecule is COCCOc1c(Cl)c(C([O])C(=O)OC(c2ccccc2)c2ccccc2)c(Cl)c(OC)c1OCCOC. The Hall–Kier alpha value is -3.01. The zero-order valence-electron chi connectivity index (χ0n) is 21.3. The van der Waals surface area contributed by atoms with Crippen LogP contribution in [0.5, 0.6) is 17.2 Å². The first kappa shape index (κ1) is 29.5. The van der Waals surface area contributed by atoms with Gasteiger partial charge in [-0.2, -0.15) is 0 Å². The molecule has 1 unspecified atom stereocenters. The molecular formula is C28H29Cl2O8. The third-order valence-electron chi connectivity index (χ3n) is 5.47. The fourth-order valence-electron chi connectivity index (χ4n) is 3.65. The van der Waals surface area contributed by atoms with Gasteiger partial charge in [0.1, 0.15) is 13.2 Å². The summed E-state index contributed by atoms with van der Waals surface area (Å²) in [5.41, 5.74) is 1.14. The van der Waals surface area contributed by atoms with Crippen molar-refractivity contribution in [2.45, 2.75) is 12.2 Å². The summed E-state index contributed by atoms with van der Waals surface area (Å²) >= 11 is 13.2. The van der Waals surface area contributed by atoms with E-state index in [1.54, 1.807) is 0 Å². The molecule has 0 aliphatic rings. The first-order valence-corrected chi connectivity index (χ1v) is 12.5. The van der Waals surface area contributed by atoms with Gasteiger partial charge in [-0.05, 0) is 11.1 Å². The molecular weight excluding hydrogens is 535 g/mol. The Balaban J connectivity index is 2.01. The van der Waals surface area contributed by atoms with E-state index in [0.717, 1.165) is 0 Å². The van der Waals surface area contributed by atoms with Gasteiger partial charge in [-0.3, -0.25) is 0 Å². The Morgan fingerprint density at radius 3 is 1.66 bits per heavy atom. The van der Waals surface area contributed by atoms with E-state index in [1.807, 2.05) is 60.7 Å². The van der Waals surface area contributed by atoms with Crippen LogP contribution in [-0.4, -0.2) is 53.7 Å². The predicted molar refractivity (Wildman–Crippen MR) is 142 cm³/mol. The summed E-state index contributed by atoms with van der Waals surface area (Å²) in [5, 5.41) is 13.2. The molecule has 3 aromatic carbocycles. The maximum atomic E-state index is 13.5. The second kappa shape index (κ2) is 14.8. The zero-order valence-corrected chi connectivity index (χ0v) is 22.8. The number of hydrogen-bond acceptors (Lipinski definition) is 7. The standard InChI is InChI=1S/C28H29Cl2O8/c1-33-14-16-36-26-22(30)20(21(29)25(35-3)27(26)37-17-15-34-2)23(31)28(32)38-24(18-10-6-4-7-11-18)19-12-8-5-9-13-19/h4-13,23-24H,14-17H2,1-3H3. The van der Waals surface area contributed by atoms with Gasteiger partial charge < -0.3 is 28.4 Å². The number of hydrogen-bond donors (Lipinski definition) is 0. The Bertz CT molecular complexity index is 1140. The van der Waals surface area contributed by atoms with E-state index in [9.17, 15) is 9.90 Å². The van der Waals surface area contributed by atoms with E-state index < -0.39 is 18.2 Å². The van der Waals surface area contributed by atoms with Crippen LogP contribution in [0, 0.1) is 0 Å². The highest BCUT2D eigenvalue weighted by molar-refractivity contribution is 6.38. The number of ether oxygens (including phenoxy) is 6. The second-order valence-corrected chi connectivity index (χ2v) is 8.69. The number of methoxy groups -OCH3 is 3. The van der Waals surface area contributed by atoms with Crippen molar-refractivity contribution >= 4 is 29.2 Å². The van der Waals surface area contributed by atoms with Gasteiger partial charge in [0.25, 0.3) is 0 Å². The summed E-state index contributed by atoms with van der Waals surface area (Å²) in [6, 6.07) is 18.2. The number of rotatable bonds is 14. The number of halogens is 2. The molecule has 3 rings (SSSR count). The van der Waals surface area contributed by atoms with Crippen molar-refractivity contribution in [2.75, 3.05) is 47.8 Å². The average Bonchev–Trinajstić information content (AvgIpc) is 2.94. The molecule has 1 radical (unpaired) electrons. The molecule has 10 heteroatoms. The lowest BCUT2D eigenvalue weighted by Gasteiger charge is -2.23. The van der Waals surface area contributed by atoms with Gasteiger partial charge in [-0.25, -0.2) is 9.90 Å². The summed E-state index contributed by atoms with van der Waals surface area (Å²) in [4.78, 5) is 13.3. The normalized spacial score (nSPS) is 11.8. The quantitative estimate of drug-likeness (QED) is 0.179. The van der Waals surface area contributed by atoms with Crippen molar-refractivity contribution in [3.05, 3.63) is 87.4 Å². The first-order valence-electron chi connectivity index (χ1n) is 11.7. The van der Waals surface area contributed by atoms with Gasteiger partial charge in [0.2, 0.25) is 11.9 Å². The highest BCUT2D eigenvalue weighted by Crippen LogP contribution is 2.52. The van der Waals surface area contributed by atoms with Crippen LogP contribution in [0.2, 0.25) is 10.0 Å². The molecule has 0 aromatic heterocycles. The lowest BCUT2D eigenvalue weighted by Crippen LogP contribution is -2.20. The lowest BCUT2D eigenvalue weighted by molar-refractivity contribution is -0.162. The van der Waals surface area contributed by atoms with Crippen LogP contribution in [0.1, 0.15) is 28.9 Å². The van der Waals surface area contributed by atoms with Crippen LogP contribution in [0.4, 0.5) is 0 Å². The summed E-state index contributed by atoms with van der Waals surface area (Å²) in [7, 11) is 4.37. The van der Waals surface area contributed by atoms with Crippen LogP contribution < -0.4 is 14.2 Å². The highest BCUT2D eigenvalue weighted by Gasteiger charge is 2.35. The summed E-state index contributed by atoms with van der Waals surface area (Å²) in [6.45, 7) is 0.693. The molecule has 0 aliphatic carbocycles. The molecule has 0 amide bonds. The third kappa shape index (κ3) is 7.09. The number of benzene rings is 3. The molecule has 203 valence electrons. The van der Waals surface area contributed by atoms with E-state index in [0.29, 0.717) is 11.1 Å². The molecule has 0 N–H and O–H groups in total. The van der Waals surface area contributed by atoms with E-state index >= 15 is 0 Å². The van der Waals surface area contributed by atoms with Crippen molar-refractivity contribution in [3.63, 3.8) is 0 Å². The van der Waals surface area contributed by atoms with Gasteiger partial charge in [-0.15, -0.1) is 0 Å². The van der Waals surface area contributed by atoms with Gasteiger partial charge in [0.05, 0.1) is 30.4 Å². The first-order chi connectivity index (χ1) is 18.4. The number of carbonyl (C=O) groups excluding carboxylic acids is 1. The minimum atomic E-state index is -2.11. The zero-order chi connectivity index (χ0) is 27.5. The van der Waals surface area contributed by atoms with Crippen molar-refractivity contribution in [1.82, 2.24) is 0 Å². The molecule has 0 saturated heterocycles. The van der Waals surface area contributed by atoms with E-state index in [4.69, 9.17) is 51.6 Å². The van der Waals surface area contributed by atoms with Crippen molar-refractivity contribution in [2.24, 2.45) is 0 Å². The molecule has 0 heterocycles. The van der Waals surface area contributed by atoms with Gasteiger partial charge >= 0.3 is 5.97 Å². The highest BCUT2D eigenvalue weighted by atomic mass is 35.5. The van der Waals surface area contributed by atoms with Gasteiger partial charge in [0, 0.05) is 19.8 Å². The van der Waals surface area contributed by atoms with Crippen LogP contribution in [0.15, 0.2) is 60.7 Å². The van der Waals surface area contributed by atoms with Crippen LogP contribution in [-0.2, 0) is 24.1 Å². The summed E-state index contributed by atoms with van der Waals surface area (Å²) in [5.74, 6) is -1.02. The Kier molecular flexibility index (Phi) is 11.5. The van der Waals surface area contributed by atoms with E-state index in [-0.39, 0.29) is 59.3 Å². The summed E-state index contributed by atoms with van der Waals surface area (Å²) < 4.78 is 32.8. The molecule has 0 bridgehead atoms. The predicted octanol–water partition coefficient (Wildman–Crippen LogP) is 5.86. The van der Waals surface area contributed by atoms with Gasteiger partial charge in [-0.1, -0.05) is 83.9 Å². The largest absolute Gasteiger partial charge is 0.491 e. The Morgan fingerprint density at radius 2 is 1.18 bits per heavy atom. The van der Waals surface area contributed by atoms with E-state index in [1.165, 1.54) is 21.3 Å². The molecule has 1 atom stereocenters. The van der Waals surface area contributed by atoms with Crippen molar-refractivity contribution < 1.29 is 38.3 Å². The molecule has 3 aromatic rings. The monoisotopic (exact) mass is 563 g/mol. The molecule has 8 nitrogen and oxygen atoms in total. The maximum absolute atomic E-state index is 13.5. The number of esters is 1. The van der Waals surface area contributed by atoms with Crippen molar-refractivity contribution in [3.8, 4) is 17.2 Å². The Morgan fingerprint density at radius 1 is 0.711 bits per heavy atom. The average molecular weight is 564 g/mol. The third-order valence-corrected chi connectivity index (χ3v) is 6.22.